The molecule has 1 unspecified atom stereocenters. The molecule has 0 aliphatic heterocycles. The van der Waals surface area contributed by atoms with E-state index in [0.29, 0.717) is 0 Å². The topological polar surface area (TPSA) is 21.3 Å². The van der Waals surface area contributed by atoms with Crippen molar-refractivity contribution < 1.29 is 9.13 Å². The number of rotatable bonds is 7. The molecule has 0 heterocycles. The third-order valence-electron chi connectivity index (χ3n) is 3.64. The van der Waals surface area contributed by atoms with Crippen LogP contribution < -0.4 is 10.1 Å². The molecule has 0 saturated carbocycles. The van der Waals surface area contributed by atoms with Crippen LogP contribution in [0.4, 0.5) is 4.39 Å². The molecule has 0 aromatic heterocycles. The van der Waals surface area contributed by atoms with E-state index < -0.39 is 0 Å². The van der Waals surface area contributed by atoms with E-state index in [-0.39, 0.29) is 11.9 Å². The quantitative estimate of drug-likeness (QED) is 0.827. The molecule has 2 aromatic rings. The standard InChI is InChI=1S/C18H22FNO/c1-3-17(16-6-4-5-7-18(16)21-2)20-13-12-14-8-10-15(19)11-9-14/h4-11,17,20H,3,12-13H2,1-2H3. The van der Waals surface area contributed by atoms with Gasteiger partial charge in [0.25, 0.3) is 0 Å². The van der Waals surface area contributed by atoms with Crippen molar-refractivity contribution in [3.63, 3.8) is 0 Å². The smallest absolute Gasteiger partial charge is 0.123 e. The van der Waals surface area contributed by atoms with Crippen LogP contribution in [0.15, 0.2) is 48.5 Å². The fraction of sp³-hybridized carbons (Fsp3) is 0.333. The van der Waals surface area contributed by atoms with Gasteiger partial charge in [-0.2, -0.15) is 0 Å². The summed E-state index contributed by atoms with van der Waals surface area (Å²) >= 11 is 0. The molecule has 0 saturated heterocycles. The third-order valence-corrected chi connectivity index (χ3v) is 3.64. The van der Waals surface area contributed by atoms with Gasteiger partial charge in [-0.05, 0) is 43.1 Å². The van der Waals surface area contributed by atoms with Crippen molar-refractivity contribution in [1.82, 2.24) is 5.32 Å². The zero-order valence-corrected chi connectivity index (χ0v) is 12.6. The predicted octanol–water partition coefficient (Wildman–Crippen LogP) is 4.12. The summed E-state index contributed by atoms with van der Waals surface area (Å²) in [5.41, 5.74) is 2.32. The van der Waals surface area contributed by atoms with Gasteiger partial charge in [0.15, 0.2) is 0 Å². The molecule has 1 N–H and O–H groups in total. The van der Waals surface area contributed by atoms with Gasteiger partial charge in [0.2, 0.25) is 0 Å². The lowest BCUT2D eigenvalue weighted by Crippen LogP contribution is -2.23. The van der Waals surface area contributed by atoms with E-state index in [0.717, 1.165) is 30.7 Å². The van der Waals surface area contributed by atoms with E-state index in [9.17, 15) is 4.39 Å². The number of hydrogen-bond acceptors (Lipinski definition) is 2. The lowest BCUT2D eigenvalue weighted by molar-refractivity contribution is 0.397. The van der Waals surface area contributed by atoms with Crippen molar-refractivity contribution in [3.8, 4) is 5.75 Å². The molecule has 0 bridgehead atoms. The lowest BCUT2D eigenvalue weighted by Gasteiger charge is -2.20. The van der Waals surface area contributed by atoms with Crippen LogP contribution in [0.2, 0.25) is 0 Å². The minimum atomic E-state index is -0.188. The minimum absolute atomic E-state index is 0.188. The number of benzene rings is 2. The van der Waals surface area contributed by atoms with E-state index in [1.165, 1.54) is 17.7 Å². The maximum atomic E-state index is 12.9. The van der Waals surface area contributed by atoms with Crippen LogP contribution in [-0.2, 0) is 6.42 Å². The Bertz CT molecular complexity index is 553. The van der Waals surface area contributed by atoms with Crippen molar-refractivity contribution in [2.24, 2.45) is 0 Å². The molecule has 0 fully saturated rings. The Morgan fingerprint density at radius 2 is 1.81 bits per heavy atom. The molecule has 2 aromatic carbocycles. The maximum Gasteiger partial charge on any atom is 0.123 e. The molecule has 0 amide bonds. The Balaban J connectivity index is 1.95. The normalized spacial score (nSPS) is 12.1. The molecule has 0 aliphatic rings. The summed E-state index contributed by atoms with van der Waals surface area (Å²) in [6.07, 6.45) is 1.87. The van der Waals surface area contributed by atoms with Gasteiger partial charge in [0.1, 0.15) is 11.6 Å². The number of para-hydroxylation sites is 1. The fourth-order valence-corrected chi connectivity index (χ4v) is 2.47. The van der Waals surface area contributed by atoms with Crippen LogP contribution >= 0.6 is 0 Å². The molecule has 1 atom stereocenters. The van der Waals surface area contributed by atoms with E-state index in [4.69, 9.17) is 4.74 Å². The maximum absolute atomic E-state index is 12.9. The van der Waals surface area contributed by atoms with Crippen LogP contribution in [0.3, 0.4) is 0 Å². The number of methoxy groups -OCH3 is 1. The second kappa shape index (κ2) is 7.79. The monoisotopic (exact) mass is 287 g/mol. The first kappa shape index (κ1) is 15.5. The van der Waals surface area contributed by atoms with Crippen molar-refractivity contribution in [2.45, 2.75) is 25.8 Å². The van der Waals surface area contributed by atoms with Gasteiger partial charge in [0, 0.05) is 11.6 Å². The molecule has 112 valence electrons. The number of nitrogens with one attached hydrogen (secondary N) is 1. The molecule has 2 rings (SSSR count). The van der Waals surface area contributed by atoms with E-state index >= 15 is 0 Å². The first-order chi connectivity index (χ1) is 10.2. The molecule has 21 heavy (non-hydrogen) atoms. The first-order valence-electron chi connectivity index (χ1n) is 7.35. The lowest BCUT2D eigenvalue weighted by atomic mass is 10.0. The third kappa shape index (κ3) is 4.30. The SMILES string of the molecule is CCC(NCCc1ccc(F)cc1)c1ccccc1OC. The predicted molar refractivity (Wildman–Crippen MR) is 84.1 cm³/mol. The Labute approximate surface area is 126 Å². The van der Waals surface area contributed by atoms with Gasteiger partial charge >= 0.3 is 0 Å². The van der Waals surface area contributed by atoms with Gasteiger partial charge in [-0.15, -0.1) is 0 Å². The highest BCUT2D eigenvalue weighted by atomic mass is 19.1. The zero-order valence-electron chi connectivity index (χ0n) is 12.6. The zero-order chi connectivity index (χ0) is 15.1. The average Bonchev–Trinajstić information content (AvgIpc) is 2.53. The van der Waals surface area contributed by atoms with Crippen LogP contribution in [0.25, 0.3) is 0 Å². The van der Waals surface area contributed by atoms with Crippen molar-refractivity contribution in [1.29, 1.82) is 0 Å². The molecule has 0 aliphatic carbocycles. The van der Waals surface area contributed by atoms with Crippen LogP contribution in [0.1, 0.15) is 30.5 Å². The fourth-order valence-electron chi connectivity index (χ4n) is 2.47. The second-order valence-corrected chi connectivity index (χ2v) is 5.03. The molecule has 0 spiro atoms. The minimum Gasteiger partial charge on any atom is -0.496 e. The summed E-state index contributed by atoms with van der Waals surface area (Å²) in [6.45, 7) is 3.00. The van der Waals surface area contributed by atoms with Gasteiger partial charge in [-0.1, -0.05) is 37.3 Å². The Morgan fingerprint density at radius 1 is 1.10 bits per heavy atom. The van der Waals surface area contributed by atoms with Crippen molar-refractivity contribution in [3.05, 3.63) is 65.5 Å². The largest absolute Gasteiger partial charge is 0.496 e. The Morgan fingerprint density at radius 3 is 2.48 bits per heavy atom. The van der Waals surface area contributed by atoms with Crippen molar-refractivity contribution in [2.75, 3.05) is 13.7 Å². The molecule has 0 radical (unpaired) electrons. The van der Waals surface area contributed by atoms with Crippen LogP contribution in [0, 0.1) is 5.82 Å². The number of ether oxygens (including phenoxy) is 1. The summed E-state index contributed by atoms with van der Waals surface area (Å²) in [5.74, 6) is 0.728. The van der Waals surface area contributed by atoms with E-state index in [2.05, 4.69) is 18.3 Å². The summed E-state index contributed by atoms with van der Waals surface area (Å²) in [7, 11) is 1.70. The summed E-state index contributed by atoms with van der Waals surface area (Å²) in [4.78, 5) is 0. The first-order valence-corrected chi connectivity index (χ1v) is 7.35. The molecular formula is C18H22FNO. The molecular weight excluding hydrogens is 265 g/mol. The average molecular weight is 287 g/mol. The summed E-state index contributed by atoms with van der Waals surface area (Å²) in [5, 5.41) is 3.55. The molecule has 3 heteroatoms. The number of halogens is 1. The molecule has 2 nitrogen and oxygen atoms in total. The van der Waals surface area contributed by atoms with Gasteiger partial charge in [0.05, 0.1) is 7.11 Å². The summed E-state index contributed by atoms with van der Waals surface area (Å²) < 4.78 is 18.3. The Kier molecular flexibility index (Phi) is 5.76. The van der Waals surface area contributed by atoms with E-state index in [1.54, 1.807) is 7.11 Å². The highest BCUT2D eigenvalue weighted by Crippen LogP contribution is 2.26. The van der Waals surface area contributed by atoms with Crippen molar-refractivity contribution >= 4 is 0 Å². The van der Waals surface area contributed by atoms with Gasteiger partial charge < -0.3 is 10.1 Å². The van der Waals surface area contributed by atoms with Gasteiger partial charge in [-0.3, -0.25) is 0 Å². The highest BCUT2D eigenvalue weighted by Gasteiger charge is 2.12. The second-order valence-electron chi connectivity index (χ2n) is 5.03. The van der Waals surface area contributed by atoms with Crippen LogP contribution in [0.5, 0.6) is 5.75 Å². The summed E-state index contributed by atoms with van der Waals surface area (Å²) in [6, 6.07) is 15.0. The number of hydrogen-bond donors (Lipinski definition) is 1. The van der Waals surface area contributed by atoms with Gasteiger partial charge in [-0.25, -0.2) is 4.39 Å². The Hall–Kier alpha value is -1.87. The van der Waals surface area contributed by atoms with Crippen LogP contribution in [-0.4, -0.2) is 13.7 Å². The van der Waals surface area contributed by atoms with E-state index in [1.807, 2.05) is 30.3 Å². The highest BCUT2D eigenvalue weighted by molar-refractivity contribution is 5.35.